The Morgan fingerprint density at radius 3 is 2.21 bits per heavy atom. The summed E-state index contributed by atoms with van der Waals surface area (Å²) in [5.41, 5.74) is 0.737. The van der Waals surface area contributed by atoms with Crippen molar-refractivity contribution < 1.29 is 0 Å². The van der Waals surface area contributed by atoms with Crippen molar-refractivity contribution in [3.8, 4) is 0 Å². The molecule has 0 aromatic carbocycles. The van der Waals surface area contributed by atoms with Gasteiger partial charge in [0.2, 0.25) is 0 Å². The maximum atomic E-state index is 2.70. The van der Waals surface area contributed by atoms with Gasteiger partial charge in [-0.25, -0.2) is 0 Å². The molecule has 0 aromatic heterocycles. The Morgan fingerprint density at radius 1 is 0.929 bits per heavy atom. The normalized spacial score (nSPS) is 28.5. The molecule has 2 rings (SSSR count). The van der Waals surface area contributed by atoms with Gasteiger partial charge in [-0.2, -0.15) is 0 Å². The highest BCUT2D eigenvalue weighted by Crippen LogP contribution is 2.43. The first-order valence-corrected chi connectivity index (χ1v) is 6.46. The molecule has 1 saturated carbocycles. The summed E-state index contributed by atoms with van der Waals surface area (Å²) in [6.45, 7) is 7.44. The molecule has 0 N–H and O–H groups in total. The highest BCUT2D eigenvalue weighted by atomic mass is 15.2. The molecule has 1 saturated heterocycles. The summed E-state index contributed by atoms with van der Waals surface area (Å²) in [4.78, 5) is 2.70. The molecule has 0 radical (unpaired) electrons. The van der Waals surface area contributed by atoms with E-state index in [9.17, 15) is 0 Å². The van der Waals surface area contributed by atoms with Crippen molar-refractivity contribution in [2.45, 2.75) is 64.8 Å². The summed E-state index contributed by atoms with van der Waals surface area (Å²) in [5, 5.41) is 0. The number of likely N-dealkylation sites (tertiary alicyclic amines) is 1. The number of hydrogen-bond acceptors (Lipinski definition) is 1. The molecule has 14 heavy (non-hydrogen) atoms. The number of hydrogen-bond donors (Lipinski definition) is 0. The van der Waals surface area contributed by atoms with E-state index < -0.39 is 0 Å². The van der Waals surface area contributed by atoms with Gasteiger partial charge in [-0.05, 0) is 51.5 Å². The van der Waals surface area contributed by atoms with Crippen molar-refractivity contribution in [1.29, 1.82) is 0 Å². The smallest absolute Gasteiger partial charge is 0.00407 e. The predicted octanol–water partition coefficient (Wildman–Crippen LogP) is 3.44. The molecule has 0 aromatic rings. The third kappa shape index (κ3) is 2.13. The Bertz CT molecular complexity index is 174. The van der Waals surface area contributed by atoms with E-state index in [1.54, 1.807) is 0 Å². The quantitative estimate of drug-likeness (QED) is 0.619. The first kappa shape index (κ1) is 10.5. The minimum Gasteiger partial charge on any atom is -0.300 e. The Balaban J connectivity index is 1.97. The maximum absolute atomic E-state index is 2.70. The van der Waals surface area contributed by atoms with Crippen LogP contribution in [0.3, 0.4) is 0 Å². The van der Waals surface area contributed by atoms with E-state index in [0.717, 1.165) is 11.5 Å². The molecule has 1 aliphatic carbocycles. The molecular formula is C13H25N. The zero-order chi connectivity index (χ0) is 10.0. The molecule has 1 aliphatic heterocycles. The van der Waals surface area contributed by atoms with Gasteiger partial charge in [0, 0.05) is 12.6 Å². The molecule has 1 nitrogen and oxygen atoms in total. The van der Waals surface area contributed by atoms with Gasteiger partial charge in [0.05, 0.1) is 0 Å². The van der Waals surface area contributed by atoms with Crippen LogP contribution < -0.4 is 0 Å². The van der Waals surface area contributed by atoms with Crippen LogP contribution in [0.15, 0.2) is 0 Å². The van der Waals surface area contributed by atoms with Crippen molar-refractivity contribution in [1.82, 2.24) is 4.90 Å². The van der Waals surface area contributed by atoms with Gasteiger partial charge >= 0.3 is 0 Å². The van der Waals surface area contributed by atoms with Crippen LogP contribution in [-0.2, 0) is 0 Å². The SMILES string of the molecule is CC(C)N1CCCC2(CCCCC2)C1. The van der Waals surface area contributed by atoms with Crippen molar-refractivity contribution in [3.63, 3.8) is 0 Å². The molecular weight excluding hydrogens is 170 g/mol. The van der Waals surface area contributed by atoms with E-state index in [0.29, 0.717) is 0 Å². The summed E-state index contributed by atoms with van der Waals surface area (Å²) in [5.74, 6) is 0. The molecule has 1 spiro atoms. The lowest BCUT2D eigenvalue weighted by Crippen LogP contribution is -2.47. The second kappa shape index (κ2) is 4.22. The van der Waals surface area contributed by atoms with Crippen molar-refractivity contribution in [2.24, 2.45) is 5.41 Å². The van der Waals surface area contributed by atoms with E-state index in [-0.39, 0.29) is 0 Å². The van der Waals surface area contributed by atoms with Crippen LogP contribution in [0.4, 0.5) is 0 Å². The van der Waals surface area contributed by atoms with Gasteiger partial charge < -0.3 is 4.90 Å². The summed E-state index contributed by atoms with van der Waals surface area (Å²) < 4.78 is 0. The predicted molar refractivity (Wildman–Crippen MR) is 61.5 cm³/mol. The lowest BCUT2D eigenvalue weighted by Gasteiger charge is -2.46. The zero-order valence-electron chi connectivity index (χ0n) is 9.89. The van der Waals surface area contributed by atoms with E-state index in [2.05, 4.69) is 18.7 Å². The summed E-state index contributed by atoms with van der Waals surface area (Å²) in [6, 6.07) is 0.758. The second-order valence-electron chi connectivity index (χ2n) is 5.73. The summed E-state index contributed by atoms with van der Waals surface area (Å²) >= 11 is 0. The Hall–Kier alpha value is -0.0400. The lowest BCUT2D eigenvalue weighted by molar-refractivity contribution is 0.0367. The maximum Gasteiger partial charge on any atom is 0.00407 e. The van der Waals surface area contributed by atoms with Gasteiger partial charge in [-0.3, -0.25) is 0 Å². The third-order valence-electron chi connectivity index (χ3n) is 4.34. The van der Waals surface area contributed by atoms with Gasteiger partial charge in [-0.15, -0.1) is 0 Å². The average molecular weight is 195 g/mol. The van der Waals surface area contributed by atoms with Gasteiger partial charge in [-0.1, -0.05) is 19.3 Å². The fourth-order valence-corrected chi connectivity index (χ4v) is 3.40. The lowest BCUT2D eigenvalue weighted by atomic mass is 9.69. The number of nitrogens with zero attached hydrogens (tertiary/aromatic N) is 1. The first-order chi connectivity index (χ1) is 6.72. The molecule has 2 fully saturated rings. The number of rotatable bonds is 1. The fourth-order valence-electron chi connectivity index (χ4n) is 3.40. The monoisotopic (exact) mass is 195 g/mol. The van der Waals surface area contributed by atoms with E-state index in [1.807, 2.05) is 0 Å². The largest absolute Gasteiger partial charge is 0.300 e. The zero-order valence-corrected chi connectivity index (χ0v) is 9.89. The van der Waals surface area contributed by atoms with Crippen molar-refractivity contribution >= 4 is 0 Å². The van der Waals surface area contributed by atoms with Crippen molar-refractivity contribution in [2.75, 3.05) is 13.1 Å². The van der Waals surface area contributed by atoms with Crippen LogP contribution in [0.25, 0.3) is 0 Å². The molecule has 1 heterocycles. The Labute approximate surface area is 88.9 Å². The van der Waals surface area contributed by atoms with E-state index in [1.165, 1.54) is 58.0 Å². The molecule has 2 aliphatic rings. The molecule has 0 amide bonds. The molecule has 0 atom stereocenters. The van der Waals surface area contributed by atoms with E-state index in [4.69, 9.17) is 0 Å². The van der Waals surface area contributed by atoms with Crippen LogP contribution in [0, 0.1) is 5.41 Å². The summed E-state index contributed by atoms with van der Waals surface area (Å²) in [6.07, 6.45) is 10.4. The van der Waals surface area contributed by atoms with Crippen LogP contribution in [-0.4, -0.2) is 24.0 Å². The van der Waals surface area contributed by atoms with Crippen LogP contribution in [0.1, 0.15) is 58.8 Å². The second-order valence-corrected chi connectivity index (χ2v) is 5.73. The minimum atomic E-state index is 0.737. The molecule has 0 bridgehead atoms. The first-order valence-electron chi connectivity index (χ1n) is 6.46. The molecule has 0 unspecified atom stereocenters. The Kier molecular flexibility index (Phi) is 3.16. The highest BCUT2D eigenvalue weighted by Gasteiger charge is 2.36. The van der Waals surface area contributed by atoms with E-state index >= 15 is 0 Å². The fraction of sp³-hybridized carbons (Fsp3) is 1.00. The van der Waals surface area contributed by atoms with Gasteiger partial charge in [0.25, 0.3) is 0 Å². The van der Waals surface area contributed by atoms with Gasteiger partial charge in [0.15, 0.2) is 0 Å². The molecule has 82 valence electrons. The molecule has 1 heteroatoms. The minimum absolute atomic E-state index is 0.737. The van der Waals surface area contributed by atoms with Gasteiger partial charge in [0.1, 0.15) is 0 Å². The van der Waals surface area contributed by atoms with Crippen LogP contribution >= 0.6 is 0 Å². The Morgan fingerprint density at radius 2 is 1.57 bits per heavy atom. The summed E-state index contributed by atoms with van der Waals surface area (Å²) in [7, 11) is 0. The highest BCUT2D eigenvalue weighted by molar-refractivity contribution is 4.90. The number of piperidine rings is 1. The third-order valence-corrected chi connectivity index (χ3v) is 4.34. The van der Waals surface area contributed by atoms with Crippen molar-refractivity contribution in [3.05, 3.63) is 0 Å². The van der Waals surface area contributed by atoms with Crippen LogP contribution in [0.2, 0.25) is 0 Å². The average Bonchev–Trinajstić information content (AvgIpc) is 2.19. The topological polar surface area (TPSA) is 3.24 Å². The van der Waals surface area contributed by atoms with Crippen LogP contribution in [0.5, 0.6) is 0 Å². The standard InChI is InChI=1S/C13H25N/c1-12(2)14-10-6-9-13(11-14)7-4-3-5-8-13/h12H,3-11H2,1-2H3.